The standard InChI is InChI=1S/C26H47NO10S/c1-2-3-4-5-6-7-8-9-10-11-12-13-14-15-16-17-18-19-20-25(22(29)30,38(35,36)37)26(21(27)28,23(31)32)24(33)34/h2-20H2,1H3,(H2,27,28)(H,29,30)(H,31,32)(H,33,34)(H,35,36,37). The van der Waals surface area contributed by atoms with E-state index in [-0.39, 0.29) is 12.8 Å². The van der Waals surface area contributed by atoms with Gasteiger partial charge in [0.15, 0.2) is 0 Å². The molecule has 6 N–H and O–H groups in total. The largest absolute Gasteiger partial charge is 0.480 e. The predicted octanol–water partition coefficient (Wildman–Crippen LogP) is 4.77. The fourth-order valence-corrected chi connectivity index (χ4v) is 6.30. The second-order valence-electron chi connectivity index (χ2n) is 10.1. The summed E-state index contributed by atoms with van der Waals surface area (Å²) in [5.74, 6) is -9.85. The van der Waals surface area contributed by atoms with Crippen LogP contribution in [0.25, 0.3) is 0 Å². The molecule has 0 aromatic rings. The third-order valence-electron chi connectivity index (χ3n) is 7.29. The van der Waals surface area contributed by atoms with Gasteiger partial charge in [-0.15, -0.1) is 0 Å². The molecule has 1 unspecified atom stereocenters. The lowest BCUT2D eigenvalue weighted by molar-refractivity contribution is -0.177. The number of carboxylic acids is 3. The first-order chi connectivity index (χ1) is 17.8. The van der Waals surface area contributed by atoms with Gasteiger partial charge in [-0.1, -0.05) is 122 Å². The Labute approximate surface area is 226 Å². The van der Waals surface area contributed by atoms with Gasteiger partial charge in [-0.05, 0) is 6.42 Å². The van der Waals surface area contributed by atoms with E-state index < -0.39 is 50.5 Å². The summed E-state index contributed by atoms with van der Waals surface area (Å²) in [6.45, 7) is 2.22. The highest BCUT2D eigenvalue weighted by Crippen LogP contribution is 2.43. The van der Waals surface area contributed by atoms with Gasteiger partial charge in [0.25, 0.3) is 15.5 Å². The van der Waals surface area contributed by atoms with Crippen LogP contribution < -0.4 is 5.73 Å². The number of hydrogen-bond donors (Lipinski definition) is 5. The van der Waals surface area contributed by atoms with E-state index in [0.717, 1.165) is 32.1 Å². The Morgan fingerprint density at radius 2 is 0.868 bits per heavy atom. The van der Waals surface area contributed by atoms with Crippen LogP contribution in [0.3, 0.4) is 0 Å². The van der Waals surface area contributed by atoms with Gasteiger partial charge in [0.1, 0.15) is 0 Å². The first-order valence-corrected chi connectivity index (χ1v) is 15.2. The molecule has 1 atom stereocenters. The number of carboxylic acid groups (broad SMARTS) is 3. The monoisotopic (exact) mass is 565 g/mol. The molecule has 0 fully saturated rings. The van der Waals surface area contributed by atoms with Gasteiger partial charge in [0, 0.05) is 0 Å². The molecule has 0 aromatic heterocycles. The zero-order valence-electron chi connectivity index (χ0n) is 22.7. The molecule has 0 aliphatic carbocycles. The minimum Gasteiger partial charge on any atom is -0.480 e. The zero-order valence-corrected chi connectivity index (χ0v) is 23.5. The highest BCUT2D eigenvalue weighted by atomic mass is 32.2. The summed E-state index contributed by atoms with van der Waals surface area (Å²) in [6, 6.07) is 0. The zero-order chi connectivity index (χ0) is 29.2. The maximum Gasteiger partial charge on any atom is 0.333 e. The molecule has 0 spiro atoms. The number of rotatable bonds is 25. The van der Waals surface area contributed by atoms with Gasteiger partial charge in [-0.3, -0.25) is 23.7 Å². The van der Waals surface area contributed by atoms with E-state index in [1.54, 1.807) is 0 Å². The quantitative estimate of drug-likeness (QED) is 0.0581. The van der Waals surface area contributed by atoms with E-state index in [1.165, 1.54) is 64.2 Å². The minimum atomic E-state index is -5.90. The summed E-state index contributed by atoms with van der Waals surface area (Å²) in [5.41, 5.74) is 0.815. The van der Waals surface area contributed by atoms with Crippen LogP contribution >= 0.6 is 0 Å². The van der Waals surface area contributed by atoms with E-state index in [9.17, 15) is 47.5 Å². The van der Waals surface area contributed by atoms with Crippen LogP contribution in [0.5, 0.6) is 0 Å². The highest BCUT2D eigenvalue weighted by molar-refractivity contribution is 7.88. The molecule has 11 nitrogen and oxygen atoms in total. The van der Waals surface area contributed by atoms with Gasteiger partial charge < -0.3 is 21.1 Å². The number of primary amides is 1. The van der Waals surface area contributed by atoms with Gasteiger partial charge in [-0.25, -0.2) is 0 Å². The molecule has 0 aliphatic rings. The van der Waals surface area contributed by atoms with E-state index in [4.69, 9.17) is 5.73 Å². The van der Waals surface area contributed by atoms with Crippen molar-refractivity contribution in [3.05, 3.63) is 0 Å². The summed E-state index contributed by atoms with van der Waals surface area (Å²) in [7, 11) is -5.90. The average Bonchev–Trinajstić information content (AvgIpc) is 2.80. The molecule has 38 heavy (non-hydrogen) atoms. The number of carbonyl (C=O) groups is 4. The number of carbonyl (C=O) groups excluding carboxylic acids is 1. The summed E-state index contributed by atoms with van der Waals surface area (Å²) in [5, 5.41) is 28.5. The van der Waals surface area contributed by atoms with Crippen molar-refractivity contribution >= 4 is 33.9 Å². The summed E-state index contributed by atoms with van der Waals surface area (Å²) < 4.78 is 30.0. The Hall–Kier alpha value is -2.21. The summed E-state index contributed by atoms with van der Waals surface area (Å²) in [6.07, 6.45) is 17.4. The molecule has 0 saturated carbocycles. The van der Waals surface area contributed by atoms with Crippen LogP contribution in [0, 0.1) is 5.41 Å². The molecule has 0 radical (unpaired) electrons. The Kier molecular flexibility index (Phi) is 17.1. The SMILES string of the molecule is CCCCCCCCCCCCCCCCCCCCC(C(=O)O)(C(C(N)=O)(C(=O)O)C(=O)O)S(=O)(=O)O. The second-order valence-corrected chi connectivity index (χ2v) is 11.7. The lowest BCUT2D eigenvalue weighted by Crippen LogP contribution is -2.70. The molecular weight excluding hydrogens is 518 g/mol. The van der Waals surface area contributed by atoms with Gasteiger partial charge >= 0.3 is 17.9 Å². The van der Waals surface area contributed by atoms with E-state index in [2.05, 4.69) is 6.92 Å². The molecule has 0 saturated heterocycles. The number of nitrogens with two attached hydrogens (primary N) is 1. The van der Waals surface area contributed by atoms with Crippen molar-refractivity contribution in [3.63, 3.8) is 0 Å². The van der Waals surface area contributed by atoms with E-state index in [0.29, 0.717) is 6.42 Å². The van der Waals surface area contributed by atoms with Gasteiger partial charge in [0.05, 0.1) is 0 Å². The minimum absolute atomic E-state index is 0.247. The van der Waals surface area contributed by atoms with Crippen LogP contribution in [-0.2, 0) is 29.3 Å². The van der Waals surface area contributed by atoms with Gasteiger partial charge in [0.2, 0.25) is 10.7 Å². The highest BCUT2D eigenvalue weighted by Gasteiger charge is 2.77. The maximum atomic E-state index is 12.1. The Bertz CT molecular complexity index is 822. The van der Waals surface area contributed by atoms with Crippen LogP contribution in [0.1, 0.15) is 129 Å². The second kappa shape index (κ2) is 18.1. The molecule has 0 aliphatic heterocycles. The molecule has 12 heteroatoms. The van der Waals surface area contributed by atoms with Crippen molar-refractivity contribution in [2.24, 2.45) is 11.1 Å². The third kappa shape index (κ3) is 9.83. The van der Waals surface area contributed by atoms with Crippen LogP contribution in [0.2, 0.25) is 0 Å². The Balaban J connectivity index is 4.50. The molecular formula is C26H47NO10S. The Morgan fingerprint density at radius 1 is 0.579 bits per heavy atom. The van der Waals surface area contributed by atoms with E-state index >= 15 is 0 Å². The predicted molar refractivity (Wildman–Crippen MR) is 142 cm³/mol. The lowest BCUT2D eigenvalue weighted by Gasteiger charge is -2.37. The number of unbranched alkanes of at least 4 members (excludes halogenated alkanes) is 17. The third-order valence-corrected chi connectivity index (χ3v) is 8.85. The van der Waals surface area contributed by atoms with Crippen molar-refractivity contribution in [2.75, 3.05) is 0 Å². The van der Waals surface area contributed by atoms with Crippen LogP contribution in [0.15, 0.2) is 0 Å². The molecule has 0 heterocycles. The van der Waals surface area contributed by atoms with Crippen LogP contribution in [-0.4, -0.2) is 56.9 Å². The van der Waals surface area contributed by atoms with Crippen molar-refractivity contribution in [1.29, 1.82) is 0 Å². The van der Waals surface area contributed by atoms with Crippen LogP contribution in [0.4, 0.5) is 0 Å². The summed E-state index contributed by atoms with van der Waals surface area (Å²) >= 11 is 0. The average molecular weight is 566 g/mol. The van der Waals surface area contributed by atoms with Gasteiger partial charge in [-0.2, -0.15) is 8.42 Å². The molecule has 222 valence electrons. The molecule has 1 amide bonds. The number of hydrogen-bond acceptors (Lipinski definition) is 6. The number of amides is 1. The molecule has 0 bridgehead atoms. The van der Waals surface area contributed by atoms with Crippen molar-refractivity contribution in [1.82, 2.24) is 0 Å². The van der Waals surface area contributed by atoms with Crippen molar-refractivity contribution in [2.45, 2.75) is 134 Å². The topological polar surface area (TPSA) is 209 Å². The normalized spacial score (nSPS) is 13.6. The first kappa shape index (κ1) is 35.8. The molecule has 0 rings (SSSR count). The molecule has 0 aromatic carbocycles. The first-order valence-electron chi connectivity index (χ1n) is 13.8. The lowest BCUT2D eigenvalue weighted by atomic mass is 9.71. The smallest absolute Gasteiger partial charge is 0.333 e. The fraction of sp³-hybridized carbons (Fsp3) is 0.846. The summed E-state index contributed by atoms with van der Waals surface area (Å²) in [4.78, 5) is 47.4. The maximum absolute atomic E-state index is 12.1. The Morgan fingerprint density at radius 3 is 1.08 bits per heavy atom. The van der Waals surface area contributed by atoms with Crippen molar-refractivity contribution < 1.29 is 47.5 Å². The van der Waals surface area contributed by atoms with Crippen molar-refractivity contribution in [3.8, 4) is 0 Å². The number of aliphatic carboxylic acids is 3. The fourth-order valence-electron chi connectivity index (χ4n) is 5.01. The van der Waals surface area contributed by atoms with E-state index in [1.807, 2.05) is 0 Å².